The predicted octanol–water partition coefficient (Wildman–Crippen LogP) is 2.86. The Morgan fingerprint density at radius 3 is 2.62 bits per heavy atom. The van der Waals surface area contributed by atoms with Gasteiger partial charge >= 0.3 is 0 Å². The van der Waals surface area contributed by atoms with Gasteiger partial charge in [0, 0.05) is 23.2 Å². The van der Waals surface area contributed by atoms with Gasteiger partial charge in [-0.1, -0.05) is 18.5 Å². The average Bonchev–Trinajstić information content (AvgIpc) is 2.29. The first-order valence-electron chi connectivity index (χ1n) is 5.42. The van der Waals surface area contributed by atoms with E-state index in [-0.39, 0.29) is 0 Å². The summed E-state index contributed by atoms with van der Waals surface area (Å²) < 4.78 is 10.8. The summed E-state index contributed by atoms with van der Waals surface area (Å²) >= 11 is 6.02. The van der Waals surface area contributed by atoms with Gasteiger partial charge in [-0.15, -0.1) is 0 Å². The Balaban J connectivity index is 3.05. The molecule has 0 heterocycles. The molecule has 1 aromatic carbocycles. The van der Waals surface area contributed by atoms with Gasteiger partial charge in [-0.2, -0.15) is 0 Å². The van der Waals surface area contributed by atoms with Crippen molar-refractivity contribution in [3.8, 4) is 11.5 Å². The second kappa shape index (κ2) is 6.61. The lowest BCUT2D eigenvalue weighted by molar-refractivity contribution is 0.307. The summed E-state index contributed by atoms with van der Waals surface area (Å²) in [5.41, 5.74) is 1.02. The maximum atomic E-state index is 6.02. The van der Waals surface area contributed by atoms with Gasteiger partial charge in [-0.05, 0) is 19.5 Å². The molecule has 0 fully saturated rings. The molecular weight excluding hydrogens is 226 g/mol. The molecule has 0 saturated heterocycles. The van der Waals surface area contributed by atoms with Crippen LogP contribution in [0.25, 0.3) is 0 Å². The normalized spacial score (nSPS) is 10.2. The fraction of sp³-hybridized carbons (Fsp3) is 0.500. The Morgan fingerprint density at radius 2 is 2.06 bits per heavy atom. The highest BCUT2D eigenvalue weighted by molar-refractivity contribution is 6.30. The summed E-state index contributed by atoms with van der Waals surface area (Å²) in [5, 5.41) is 3.91. The van der Waals surface area contributed by atoms with Crippen molar-refractivity contribution in [3.05, 3.63) is 22.7 Å². The summed E-state index contributed by atoms with van der Waals surface area (Å²) in [5.74, 6) is 1.46. The van der Waals surface area contributed by atoms with Gasteiger partial charge in [0.25, 0.3) is 0 Å². The van der Waals surface area contributed by atoms with E-state index in [1.807, 2.05) is 13.0 Å². The van der Waals surface area contributed by atoms with Crippen LogP contribution in [-0.2, 0) is 6.54 Å². The SMILES string of the molecule is CCNCc1cc(Cl)cc(OC)c1OCC. The summed E-state index contributed by atoms with van der Waals surface area (Å²) in [7, 11) is 1.62. The number of ether oxygens (including phenoxy) is 2. The molecule has 0 spiro atoms. The molecule has 0 aliphatic heterocycles. The zero-order valence-corrected chi connectivity index (χ0v) is 10.7. The number of methoxy groups -OCH3 is 1. The monoisotopic (exact) mass is 243 g/mol. The van der Waals surface area contributed by atoms with Crippen molar-refractivity contribution in [2.24, 2.45) is 0 Å². The quantitative estimate of drug-likeness (QED) is 0.834. The van der Waals surface area contributed by atoms with Crippen LogP contribution >= 0.6 is 11.6 Å². The smallest absolute Gasteiger partial charge is 0.165 e. The molecule has 4 heteroatoms. The first kappa shape index (κ1) is 13.1. The Hall–Kier alpha value is -0.930. The predicted molar refractivity (Wildman–Crippen MR) is 66.6 cm³/mol. The molecule has 0 saturated carbocycles. The molecule has 0 atom stereocenters. The van der Waals surface area contributed by atoms with Crippen LogP contribution in [0, 0.1) is 0 Å². The van der Waals surface area contributed by atoms with E-state index < -0.39 is 0 Å². The Kier molecular flexibility index (Phi) is 5.43. The Bertz CT molecular complexity index is 342. The zero-order chi connectivity index (χ0) is 12.0. The fourth-order valence-electron chi connectivity index (χ4n) is 1.47. The molecule has 0 bridgehead atoms. The third-order valence-electron chi connectivity index (χ3n) is 2.17. The van der Waals surface area contributed by atoms with Crippen molar-refractivity contribution < 1.29 is 9.47 Å². The van der Waals surface area contributed by atoms with Gasteiger partial charge in [0.15, 0.2) is 11.5 Å². The van der Waals surface area contributed by atoms with Gasteiger partial charge < -0.3 is 14.8 Å². The van der Waals surface area contributed by atoms with E-state index in [2.05, 4.69) is 12.2 Å². The van der Waals surface area contributed by atoms with E-state index in [9.17, 15) is 0 Å². The standard InChI is InChI=1S/C12H18ClNO2/c1-4-14-8-9-6-10(13)7-11(15-3)12(9)16-5-2/h6-7,14H,4-5,8H2,1-3H3. The van der Waals surface area contributed by atoms with Crippen LogP contribution in [0.3, 0.4) is 0 Å². The Morgan fingerprint density at radius 1 is 1.31 bits per heavy atom. The van der Waals surface area contributed by atoms with Crippen molar-refractivity contribution in [2.75, 3.05) is 20.3 Å². The second-order valence-electron chi connectivity index (χ2n) is 3.31. The number of rotatable bonds is 6. The molecule has 0 radical (unpaired) electrons. The number of benzene rings is 1. The summed E-state index contributed by atoms with van der Waals surface area (Å²) in [6.45, 7) is 6.24. The molecule has 3 nitrogen and oxygen atoms in total. The Labute approximate surface area is 102 Å². The summed E-state index contributed by atoms with van der Waals surface area (Å²) in [6.07, 6.45) is 0. The van der Waals surface area contributed by atoms with Crippen molar-refractivity contribution in [1.29, 1.82) is 0 Å². The topological polar surface area (TPSA) is 30.5 Å². The third-order valence-corrected chi connectivity index (χ3v) is 2.39. The summed E-state index contributed by atoms with van der Waals surface area (Å²) in [4.78, 5) is 0. The van der Waals surface area contributed by atoms with Crippen molar-refractivity contribution >= 4 is 11.6 Å². The lowest BCUT2D eigenvalue weighted by atomic mass is 10.2. The number of halogens is 1. The second-order valence-corrected chi connectivity index (χ2v) is 3.75. The minimum Gasteiger partial charge on any atom is -0.493 e. The van der Waals surface area contributed by atoms with E-state index in [4.69, 9.17) is 21.1 Å². The molecule has 0 aromatic heterocycles. The first-order valence-corrected chi connectivity index (χ1v) is 5.80. The van der Waals surface area contributed by atoms with E-state index in [0.29, 0.717) is 17.4 Å². The maximum Gasteiger partial charge on any atom is 0.165 e. The minimum atomic E-state index is 0.608. The minimum absolute atomic E-state index is 0.608. The van der Waals surface area contributed by atoms with Crippen LogP contribution in [0.2, 0.25) is 5.02 Å². The highest BCUT2D eigenvalue weighted by atomic mass is 35.5. The van der Waals surface area contributed by atoms with E-state index in [0.717, 1.165) is 24.4 Å². The van der Waals surface area contributed by atoms with E-state index in [1.54, 1.807) is 13.2 Å². The van der Waals surface area contributed by atoms with Crippen LogP contribution in [0.15, 0.2) is 12.1 Å². The van der Waals surface area contributed by atoms with Crippen LogP contribution in [0.4, 0.5) is 0 Å². The highest BCUT2D eigenvalue weighted by Crippen LogP contribution is 2.34. The lowest BCUT2D eigenvalue weighted by Crippen LogP contribution is -2.13. The fourth-order valence-corrected chi connectivity index (χ4v) is 1.70. The van der Waals surface area contributed by atoms with Crippen molar-refractivity contribution in [1.82, 2.24) is 5.32 Å². The average molecular weight is 244 g/mol. The molecule has 0 aliphatic rings. The highest BCUT2D eigenvalue weighted by Gasteiger charge is 2.11. The first-order chi connectivity index (χ1) is 7.72. The van der Waals surface area contributed by atoms with E-state index >= 15 is 0 Å². The van der Waals surface area contributed by atoms with Crippen LogP contribution < -0.4 is 14.8 Å². The van der Waals surface area contributed by atoms with Gasteiger partial charge in [-0.25, -0.2) is 0 Å². The number of hydrogen-bond acceptors (Lipinski definition) is 3. The molecule has 0 aliphatic carbocycles. The lowest BCUT2D eigenvalue weighted by Gasteiger charge is -2.15. The molecule has 1 rings (SSSR count). The molecular formula is C12H18ClNO2. The summed E-state index contributed by atoms with van der Waals surface area (Å²) in [6, 6.07) is 3.67. The maximum absolute atomic E-state index is 6.02. The van der Waals surface area contributed by atoms with Crippen LogP contribution in [0.5, 0.6) is 11.5 Å². The molecule has 1 N–H and O–H groups in total. The van der Waals surface area contributed by atoms with Crippen molar-refractivity contribution in [3.63, 3.8) is 0 Å². The zero-order valence-electron chi connectivity index (χ0n) is 9.97. The van der Waals surface area contributed by atoms with Gasteiger partial charge in [0.2, 0.25) is 0 Å². The molecule has 0 amide bonds. The molecule has 90 valence electrons. The van der Waals surface area contributed by atoms with E-state index in [1.165, 1.54) is 0 Å². The van der Waals surface area contributed by atoms with Crippen LogP contribution in [0.1, 0.15) is 19.4 Å². The van der Waals surface area contributed by atoms with Gasteiger partial charge in [-0.3, -0.25) is 0 Å². The van der Waals surface area contributed by atoms with Gasteiger partial charge in [0.05, 0.1) is 13.7 Å². The van der Waals surface area contributed by atoms with Crippen LogP contribution in [-0.4, -0.2) is 20.3 Å². The molecule has 0 unspecified atom stereocenters. The number of nitrogens with one attached hydrogen (secondary N) is 1. The molecule has 1 aromatic rings. The number of hydrogen-bond donors (Lipinski definition) is 1. The third kappa shape index (κ3) is 3.29. The van der Waals surface area contributed by atoms with Gasteiger partial charge in [0.1, 0.15) is 0 Å². The molecule has 16 heavy (non-hydrogen) atoms. The van der Waals surface area contributed by atoms with Crippen molar-refractivity contribution in [2.45, 2.75) is 20.4 Å². The largest absolute Gasteiger partial charge is 0.493 e.